The molecule has 0 bridgehead atoms. The molecule has 17 heavy (non-hydrogen) atoms. The average molecular weight is 234 g/mol. The van der Waals surface area contributed by atoms with Gasteiger partial charge in [0.2, 0.25) is 5.91 Å². The molecule has 0 aliphatic carbocycles. The maximum absolute atomic E-state index is 11.7. The van der Waals surface area contributed by atoms with Crippen LogP contribution in [0.5, 0.6) is 0 Å². The molecule has 1 saturated heterocycles. The van der Waals surface area contributed by atoms with Crippen molar-refractivity contribution >= 4 is 17.5 Å². The lowest BCUT2D eigenvalue weighted by atomic mass is 10.1. The molecule has 0 radical (unpaired) electrons. The number of nitrogens with two attached hydrogens (primary N) is 2. The molecule has 6 heteroatoms. The van der Waals surface area contributed by atoms with Crippen molar-refractivity contribution in [3.8, 4) is 0 Å². The van der Waals surface area contributed by atoms with E-state index >= 15 is 0 Å². The lowest BCUT2D eigenvalue weighted by Crippen LogP contribution is -2.34. The van der Waals surface area contributed by atoms with Crippen LogP contribution >= 0.6 is 0 Å². The summed E-state index contributed by atoms with van der Waals surface area (Å²) in [6.45, 7) is 0.424. The highest BCUT2D eigenvalue weighted by atomic mass is 16.2. The summed E-state index contributed by atoms with van der Waals surface area (Å²) in [4.78, 5) is 24.8. The van der Waals surface area contributed by atoms with Crippen LogP contribution in [-0.4, -0.2) is 24.4 Å². The molecule has 1 heterocycles. The first kappa shape index (κ1) is 11.6. The van der Waals surface area contributed by atoms with Crippen molar-refractivity contribution in [2.45, 2.75) is 12.5 Å². The van der Waals surface area contributed by atoms with Crippen LogP contribution in [0.4, 0.5) is 5.69 Å². The van der Waals surface area contributed by atoms with Crippen molar-refractivity contribution < 1.29 is 9.59 Å². The third-order valence-electron chi connectivity index (χ3n) is 2.73. The smallest absolute Gasteiger partial charge is 0.267 e. The topological polar surface area (TPSA) is 101 Å². The number of hydrogen-bond acceptors (Lipinski definition) is 4. The van der Waals surface area contributed by atoms with Gasteiger partial charge in [-0.05, 0) is 12.1 Å². The van der Waals surface area contributed by atoms with Gasteiger partial charge in [0.25, 0.3) is 5.91 Å². The molecular weight excluding hydrogens is 220 g/mol. The molecule has 1 aliphatic rings. The van der Waals surface area contributed by atoms with Gasteiger partial charge < -0.3 is 10.6 Å². The number of carbonyl (C=O) groups is 2. The average Bonchev–Trinajstić information content (AvgIpc) is 2.67. The Morgan fingerprint density at radius 2 is 2.12 bits per heavy atom. The number of rotatable bonds is 2. The number of hydrazine groups is 1. The zero-order valence-corrected chi connectivity index (χ0v) is 9.22. The van der Waals surface area contributed by atoms with Gasteiger partial charge in [-0.1, -0.05) is 12.1 Å². The van der Waals surface area contributed by atoms with Gasteiger partial charge in [-0.25, -0.2) is 5.84 Å². The Morgan fingerprint density at radius 3 is 2.71 bits per heavy atom. The molecule has 1 aromatic carbocycles. The van der Waals surface area contributed by atoms with Crippen molar-refractivity contribution in [3.05, 3.63) is 29.8 Å². The van der Waals surface area contributed by atoms with E-state index < -0.39 is 5.91 Å². The van der Waals surface area contributed by atoms with E-state index in [1.165, 1.54) is 4.90 Å². The lowest BCUT2D eigenvalue weighted by Gasteiger charge is -2.19. The number of nitrogens with one attached hydrogen (secondary N) is 1. The molecule has 2 amide bonds. The summed E-state index contributed by atoms with van der Waals surface area (Å²) in [5.74, 6) is 4.61. The van der Waals surface area contributed by atoms with Crippen molar-refractivity contribution in [3.63, 3.8) is 0 Å². The molecule has 0 aromatic heterocycles. The third kappa shape index (κ3) is 2.13. The van der Waals surface area contributed by atoms with Crippen LogP contribution in [0.1, 0.15) is 16.8 Å². The minimum Gasteiger partial charge on any atom is -0.326 e. The molecule has 0 spiro atoms. The summed E-state index contributed by atoms with van der Waals surface area (Å²) >= 11 is 0. The molecule has 0 saturated carbocycles. The quantitative estimate of drug-likeness (QED) is 0.359. The van der Waals surface area contributed by atoms with Gasteiger partial charge in [0.15, 0.2) is 0 Å². The first-order valence-electron chi connectivity index (χ1n) is 5.29. The second kappa shape index (κ2) is 4.52. The number of anilines is 1. The first-order valence-corrected chi connectivity index (χ1v) is 5.29. The molecule has 1 aromatic rings. The number of para-hydroxylation sites is 1. The van der Waals surface area contributed by atoms with E-state index in [2.05, 4.69) is 5.43 Å². The Bertz CT molecular complexity index is 461. The fourth-order valence-corrected chi connectivity index (χ4v) is 1.95. The van der Waals surface area contributed by atoms with E-state index in [4.69, 9.17) is 11.6 Å². The zero-order valence-electron chi connectivity index (χ0n) is 9.22. The number of nitrogen functional groups attached to an aromatic ring is 1. The molecule has 1 aliphatic heterocycles. The highest BCUT2D eigenvalue weighted by molar-refractivity contribution is 6.05. The summed E-state index contributed by atoms with van der Waals surface area (Å²) in [7, 11) is 0. The summed E-state index contributed by atoms with van der Waals surface area (Å²) in [5, 5.41) is 0. The van der Waals surface area contributed by atoms with Crippen LogP contribution in [0.25, 0.3) is 0 Å². The second-order valence-corrected chi connectivity index (χ2v) is 3.96. The van der Waals surface area contributed by atoms with E-state index in [-0.39, 0.29) is 11.9 Å². The molecule has 90 valence electrons. The number of benzene rings is 1. The Hall–Kier alpha value is -1.92. The van der Waals surface area contributed by atoms with Gasteiger partial charge in [-0.3, -0.25) is 15.0 Å². The van der Waals surface area contributed by atoms with Gasteiger partial charge in [0.1, 0.15) is 0 Å². The zero-order chi connectivity index (χ0) is 12.4. The van der Waals surface area contributed by atoms with E-state index in [9.17, 15) is 9.59 Å². The number of nitrogens with zero attached hydrogens (tertiary/aromatic N) is 1. The lowest BCUT2D eigenvalue weighted by molar-refractivity contribution is -0.117. The van der Waals surface area contributed by atoms with E-state index in [1.54, 1.807) is 24.3 Å². The van der Waals surface area contributed by atoms with Crippen molar-refractivity contribution in [1.29, 1.82) is 0 Å². The third-order valence-corrected chi connectivity index (χ3v) is 2.73. The van der Waals surface area contributed by atoms with Gasteiger partial charge in [-0.2, -0.15) is 0 Å². The van der Waals surface area contributed by atoms with E-state index in [0.717, 1.165) is 0 Å². The van der Waals surface area contributed by atoms with Crippen LogP contribution in [-0.2, 0) is 4.79 Å². The van der Waals surface area contributed by atoms with Crippen LogP contribution in [0, 0.1) is 0 Å². The molecule has 2 rings (SSSR count). The Kier molecular flexibility index (Phi) is 3.08. The van der Waals surface area contributed by atoms with Crippen molar-refractivity contribution in [1.82, 2.24) is 5.43 Å². The van der Waals surface area contributed by atoms with Crippen LogP contribution in [0.15, 0.2) is 24.3 Å². The first-order chi connectivity index (χ1) is 8.13. The maximum atomic E-state index is 11.7. The second-order valence-electron chi connectivity index (χ2n) is 3.96. The molecule has 1 fully saturated rings. The standard InChI is InChI=1S/C11H14N4O2/c12-7-5-10(16)15(6-7)9-4-2-1-3-8(9)11(17)14-13/h1-4,7H,5-6,12-13H2,(H,14,17). The summed E-state index contributed by atoms with van der Waals surface area (Å²) in [6, 6.07) is 6.63. The molecule has 1 atom stereocenters. The summed E-state index contributed by atoms with van der Waals surface area (Å²) in [6.07, 6.45) is 0.304. The Morgan fingerprint density at radius 1 is 1.41 bits per heavy atom. The highest BCUT2D eigenvalue weighted by Crippen LogP contribution is 2.24. The van der Waals surface area contributed by atoms with Crippen LogP contribution < -0.4 is 21.9 Å². The van der Waals surface area contributed by atoms with Crippen molar-refractivity contribution in [2.24, 2.45) is 11.6 Å². The summed E-state index contributed by atoms with van der Waals surface area (Å²) in [5.41, 5.74) is 8.71. The van der Waals surface area contributed by atoms with Crippen LogP contribution in [0.3, 0.4) is 0 Å². The minimum absolute atomic E-state index is 0.0743. The largest absolute Gasteiger partial charge is 0.326 e. The Balaban J connectivity index is 2.38. The van der Waals surface area contributed by atoms with Gasteiger partial charge >= 0.3 is 0 Å². The molecule has 1 unspecified atom stereocenters. The number of amides is 2. The highest BCUT2D eigenvalue weighted by Gasteiger charge is 2.30. The van der Waals surface area contributed by atoms with Gasteiger partial charge in [-0.15, -0.1) is 0 Å². The van der Waals surface area contributed by atoms with E-state index in [1.807, 2.05) is 0 Å². The fourth-order valence-electron chi connectivity index (χ4n) is 1.95. The predicted octanol–water partition coefficient (Wildman–Crippen LogP) is -0.646. The molecule has 5 N–H and O–H groups in total. The van der Waals surface area contributed by atoms with Gasteiger partial charge in [0, 0.05) is 19.0 Å². The van der Waals surface area contributed by atoms with Crippen LogP contribution in [0.2, 0.25) is 0 Å². The monoisotopic (exact) mass is 234 g/mol. The maximum Gasteiger partial charge on any atom is 0.267 e. The predicted molar refractivity (Wildman–Crippen MR) is 63.0 cm³/mol. The number of hydrogen-bond donors (Lipinski definition) is 3. The Labute approximate surface area is 98.5 Å². The van der Waals surface area contributed by atoms with E-state index in [0.29, 0.717) is 24.2 Å². The minimum atomic E-state index is -0.422. The normalized spacial score (nSPS) is 19.5. The molecule has 6 nitrogen and oxygen atoms in total. The fraction of sp³-hybridized carbons (Fsp3) is 0.273. The number of carbonyl (C=O) groups excluding carboxylic acids is 2. The summed E-state index contributed by atoms with van der Waals surface area (Å²) < 4.78 is 0. The SMILES string of the molecule is NNC(=O)c1ccccc1N1CC(N)CC1=O. The molecular formula is C11H14N4O2. The van der Waals surface area contributed by atoms with Gasteiger partial charge in [0.05, 0.1) is 11.3 Å². The van der Waals surface area contributed by atoms with Crippen molar-refractivity contribution in [2.75, 3.05) is 11.4 Å².